The van der Waals surface area contributed by atoms with Gasteiger partial charge in [-0.3, -0.25) is 4.98 Å². The maximum Gasteiger partial charge on any atom is 0.119 e. The molecule has 1 saturated heterocycles. The van der Waals surface area contributed by atoms with E-state index in [1.807, 2.05) is 18.5 Å². The van der Waals surface area contributed by atoms with Crippen LogP contribution in [0.1, 0.15) is 12.8 Å². The number of hydrogen-bond donors (Lipinski definition) is 0. The van der Waals surface area contributed by atoms with Crippen molar-refractivity contribution in [3.8, 4) is 34.1 Å². The third-order valence-electron chi connectivity index (χ3n) is 6.42. The van der Waals surface area contributed by atoms with Crippen molar-refractivity contribution in [3.63, 3.8) is 0 Å². The summed E-state index contributed by atoms with van der Waals surface area (Å²) in [5.41, 5.74) is 5.82. The number of likely N-dealkylation sites (tertiary alicyclic amines) is 1. The first-order valence-corrected chi connectivity index (χ1v) is 12.0. The normalized spacial score (nSPS) is 15.1. The molecule has 0 amide bonds. The summed E-state index contributed by atoms with van der Waals surface area (Å²) in [6.07, 6.45) is 8.08. The number of fused-ring (bicyclic) bond motifs is 1. The number of ether oxygens (including phenoxy) is 1. The molecule has 0 saturated carbocycles. The zero-order valence-corrected chi connectivity index (χ0v) is 19.0. The number of aromatic nitrogens is 2. The van der Waals surface area contributed by atoms with E-state index >= 15 is 0 Å². The largest absolute Gasteiger partial charge is 0.497 e. The van der Waals surface area contributed by atoms with Crippen LogP contribution in [0.15, 0.2) is 59.7 Å². The molecule has 4 heterocycles. The van der Waals surface area contributed by atoms with Crippen molar-refractivity contribution in [2.75, 3.05) is 26.7 Å². The number of piperidine rings is 1. The number of pyridine rings is 1. The molecule has 1 fully saturated rings. The predicted molar refractivity (Wildman–Crippen MR) is 130 cm³/mol. The van der Waals surface area contributed by atoms with Gasteiger partial charge in [0.05, 0.1) is 13.2 Å². The molecule has 1 aliphatic heterocycles. The third-order valence-corrected chi connectivity index (χ3v) is 7.10. The summed E-state index contributed by atoms with van der Waals surface area (Å²) in [7, 11) is 1.71. The van der Waals surface area contributed by atoms with Crippen molar-refractivity contribution in [1.29, 1.82) is 5.26 Å². The fourth-order valence-corrected chi connectivity index (χ4v) is 5.19. The molecular weight excluding hydrogens is 416 g/mol. The molecule has 0 unspecified atom stereocenters. The Kier molecular flexibility index (Phi) is 5.93. The lowest BCUT2D eigenvalue weighted by Crippen LogP contribution is -2.35. The lowest BCUT2D eigenvalue weighted by molar-refractivity contribution is 0.200. The Labute approximate surface area is 192 Å². The van der Waals surface area contributed by atoms with Crippen LogP contribution in [0.4, 0.5) is 0 Å². The molecule has 0 aliphatic carbocycles. The molecule has 0 N–H and O–H groups in total. The van der Waals surface area contributed by atoms with E-state index in [1.165, 1.54) is 22.0 Å². The molecule has 0 atom stereocenters. The van der Waals surface area contributed by atoms with Gasteiger partial charge < -0.3 is 14.2 Å². The number of methoxy groups -OCH3 is 1. The van der Waals surface area contributed by atoms with Crippen LogP contribution < -0.4 is 4.74 Å². The van der Waals surface area contributed by atoms with E-state index in [0.29, 0.717) is 0 Å². The Balaban J connectivity index is 1.47. The monoisotopic (exact) mass is 442 g/mol. The molecule has 4 aromatic rings. The summed E-state index contributed by atoms with van der Waals surface area (Å²) < 4.78 is 7.87. The van der Waals surface area contributed by atoms with Crippen LogP contribution >= 0.6 is 11.3 Å². The van der Waals surface area contributed by atoms with Gasteiger partial charge in [0, 0.05) is 65.2 Å². The van der Waals surface area contributed by atoms with Gasteiger partial charge in [-0.05, 0) is 72.6 Å². The van der Waals surface area contributed by atoms with E-state index in [9.17, 15) is 0 Å². The van der Waals surface area contributed by atoms with E-state index in [4.69, 9.17) is 10.00 Å². The standard InChI is InChI=1S/C26H26N4OS/c1-31-23-2-3-26-24(13-23)25(22-12-21(15-28-16-22)20-6-11-32-18-20)17-30(26)10-9-29-7-4-19(14-27)5-8-29/h2-3,6,11-13,15-19H,4-5,7-10H2,1H3. The maximum atomic E-state index is 9.15. The van der Waals surface area contributed by atoms with Crippen LogP contribution in [0.25, 0.3) is 33.2 Å². The lowest BCUT2D eigenvalue weighted by Gasteiger charge is -2.29. The van der Waals surface area contributed by atoms with Crippen molar-refractivity contribution in [2.24, 2.45) is 5.92 Å². The SMILES string of the molecule is COc1ccc2c(c1)c(-c1cncc(-c3ccsc3)c1)cn2CCN1CCC(C#N)CC1. The second kappa shape index (κ2) is 9.15. The molecule has 3 aromatic heterocycles. The number of nitriles is 1. The highest BCUT2D eigenvalue weighted by Gasteiger charge is 2.19. The van der Waals surface area contributed by atoms with E-state index < -0.39 is 0 Å². The highest BCUT2D eigenvalue weighted by atomic mass is 32.1. The Hall–Kier alpha value is -3.14. The van der Waals surface area contributed by atoms with Crippen LogP contribution in [0, 0.1) is 17.2 Å². The van der Waals surface area contributed by atoms with Crippen molar-refractivity contribution in [3.05, 3.63) is 59.7 Å². The number of nitrogens with zero attached hydrogens (tertiary/aromatic N) is 4. The molecule has 0 radical (unpaired) electrons. The first kappa shape index (κ1) is 20.7. The van der Waals surface area contributed by atoms with Gasteiger partial charge >= 0.3 is 0 Å². The Morgan fingerprint density at radius 1 is 1.09 bits per heavy atom. The fourth-order valence-electron chi connectivity index (χ4n) is 4.53. The van der Waals surface area contributed by atoms with Crippen LogP contribution in [0.2, 0.25) is 0 Å². The molecule has 0 bridgehead atoms. The van der Waals surface area contributed by atoms with Crippen molar-refractivity contribution in [1.82, 2.24) is 14.5 Å². The van der Waals surface area contributed by atoms with Crippen molar-refractivity contribution >= 4 is 22.2 Å². The highest BCUT2D eigenvalue weighted by Crippen LogP contribution is 2.35. The Morgan fingerprint density at radius 2 is 1.94 bits per heavy atom. The van der Waals surface area contributed by atoms with Crippen LogP contribution in [-0.4, -0.2) is 41.2 Å². The van der Waals surface area contributed by atoms with Crippen LogP contribution in [-0.2, 0) is 6.54 Å². The zero-order valence-electron chi connectivity index (χ0n) is 18.2. The Morgan fingerprint density at radius 3 is 2.69 bits per heavy atom. The highest BCUT2D eigenvalue weighted by molar-refractivity contribution is 7.08. The molecular formula is C26H26N4OS. The summed E-state index contributed by atoms with van der Waals surface area (Å²) in [6.45, 7) is 3.91. The average Bonchev–Trinajstić information content (AvgIpc) is 3.51. The van der Waals surface area contributed by atoms with E-state index in [1.54, 1.807) is 18.4 Å². The number of hydrogen-bond acceptors (Lipinski definition) is 5. The lowest BCUT2D eigenvalue weighted by atomic mass is 9.99. The minimum atomic E-state index is 0.223. The third kappa shape index (κ3) is 4.14. The van der Waals surface area contributed by atoms with Gasteiger partial charge in [-0.2, -0.15) is 16.6 Å². The quantitative estimate of drug-likeness (QED) is 0.386. The van der Waals surface area contributed by atoms with Gasteiger partial charge in [0.1, 0.15) is 5.75 Å². The van der Waals surface area contributed by atoms with Gasteiger partial charge in [0.15, 0.2) is 0 Å². The second-order valence-electron chi connectivity index (χ2n) is 8.34. The average molecular weight is 443 g/mol. The Bertz CT molecular complexity index is 1250. The van der Waals surface area contributed by atoms with Gasteiger partial charge in [0.25, 0.3) is 0 Å². The number of thiophene rings is 1. The van der Waals surface area contributed by atoms with E-state index in [0.717, 1.165) is 55.9 Å². The van der Waals surface area contributed by atoms with Gasteiger partial charge in [0.2, 0.25) is 0 Å². The first-order chi connectivity index (χ1) is 15.7. The summed E-state index contributed by atoms with van der Waals surface area (Å²) >= 11 is 1.70. The second-order valence-corrected chi connectivity index (χ2v) is 9.12. The van der Waals surface area contributed by atoms with E-state index in [-0.39, 0.29) is 5.92 Å². The maximum absolute atomic E-state index is 9.15. The minimum absolute atomic E-state index is 0.223. The first-order valence-electron chi connectivity index (χ1n) is 11.0. The minimum Gasteiger partial charge on any atom is -0.497 e. The molecule has 32 heavy (non-hydrogen) atoms. The fraction of sp³-hybridized carbons (Fsp3) is 0.308. The predicted octanol–water partition coefficient (Wildman–Crippen LogP) is 5.68. The van der Waals surface area contributed by atoms with E-state index in [2.05, 4.69) is 61.7 Å². The van der Waals surface area contributed by atoms with Crippen LogP contribution in [0.3, 0.4) is 0 Å². The molecule has 162 valence electrons. The topological polar surface area (TPSA) is 54.1 Å². The summed E-state index contributed by atoms with van der Waals surface area (Å²) in [6, 6.07) is 13.1. The summed E-state index contributed by atoms with van der Waals surface area (Å²) in [4.78, 5) is 7.01. The van der Waals surface area contributed by atoms with Gasteiger partial charge in [-0.15, -0.1) is 0 Å². The molecule has 0 spiro atoms. The molecule has 5 nitrogen and oxygen atoms in total. The molecule has 1 aromatic carbocycles. The zero-order chi connectivity index (χ0) is 21.9. The molecule has 6 heteroatoms. The van der Waals surface area contributed by atoms with Crippen molar-refractivity contribution in [2.45, 2.75) is 19.4 Å². The van der Waals surface area contributed by atoms with Gasteiger partial charge in [-0.1, -0.05) is 0 Å². The van der Waals surface area contributed by atoms with Gasteiger partial charge in [-0.25, -0.2) is 0 Å². The van der Waals surface area contributed by atoms with Crippen molar-refractivity contribution < 1.29 is 4.74 Å². The summed E-state index contributed by atoms with van der Waals surface area (Å²) in [5.74, 6) is 1.08. The smallest absolute Gasteiger partial charge is 0.119 e. The number of benzene rings is 1. The molecule has 5 rings (SSSR count). The van der Waals surface area contributed by atoms with Crippen LogP contribution in [0.5, 0.6) is 5.75 Å². The number of rotatable bonds is 6. The molecule has 1 aliphatic rings. The summed E-state index contributed by atoms with van der Waals surface area (Å²) in [5, 5.41) is 14.6.